The van der Waals surface area contributed by atoms with Crippen LogP contribution in [-0.4, -0.2) is 33.9 Å². The topological polar surface area (TPSA) is 74.7 Å². The minimum atomic E-state index is -4.03. The molecule has 0 saturated carbocycles. The van der Waals surface area contributed by atoms with Crippen LogP contribution >= 0.6 is 22.6 Å². The van der Waals surface area contributed by atoms with Crippen molar-refractivity contribution < 1.29 is 22.7 Å². The van der Waals surface area contributed by atoms with Gasteiger partial charge in [-0.1, -0.05) is 6.07 Å². The molecule has 2 rings (SSSR count). The molecule has 1 fully saturated rings. The van der Waals surface area contributed by atoms with Crippen molar-refractivity contribution in [3.05, 3.63) is 30.1 Å². The number of carboxylic acid groups (broad SMARTS) is 1. The third-order valence-corrected chi connectivity index (χ3v) is 7.06. The zero-order valence-corrected chi connectivity index (χ0v) is 13.4. The van der Waals surface area contributed by atoms with E-state index in [1.165, 1.54) is 12.1 Å². The molecule has 1 N–H and O–H groups in total. The van der Waals surface area contributed by atoms with Gasteiger partial charge in [0.15, 0.2) is 3.55 Å². The number of hydrogen-bond acceptors (Lipinski definition) is 3. The zero-order valence-electron chi connectivity index (χ0n) is 10.4. The van der Waals surface area contributed by atoms with Crippen molar-refractivity contribution in [2.45, 2.75) is 27.7 Å². The summed E-state index contributed by atoms with van der Waals surface area (Å²) < 4.78 is 37.8. The van der Waals surface area contributed by atoms with E-state index < -0.39 is 25.4 Å². The fraction of sp³-hybridized carbons (Fsp3) is 0.417. The maximum Gasteiger partial charge on any atom is 0.335 e. The van der Waals surface area contributed by atoms with E-state index in [1.807, 2.05) is 0 Å². The number of sulfonamides is 1. The molecule has 1 aromatic carbocycles. The zero-order chi connectivity index (χ0) is 15.0. The Morgan fingerprint density at radius 1 is 1.40 bits per heavy atom. The number of aliphatic carboxylic acids is 1. The highest BCUT2D eigenvalue weighted by Crippen LogP contribution is 2.38. The summed E-state index contributed by atoms with van der Waals surface area (Å²) in [6.45, 7) is 0.119. The first-order valence-corrected chi connectivity index (χ1v) is 8.51. The van der Waals surface area contributed by atoms with Gasteiger partial charge in [0.05, 0.1) is 4.90 Å². The van der Waals surface area contributed by atoms with Crippen LogP contribution in [0.3, 0.4) is 0 Å². The van der Waals surface area contributed by atoms with Crippen molar-refractivity contribution in [3.63, 3.8) is 0 Å². The summed E-state index contributed by atoms with van der Waals surface area (Å²) >= 11 is 1.66. The van der Waals surface area contributed by atoms with Crippen LogP contribution in [-0.2, 0) is 14.8 Å². The van der Waals surface area contributed by atoms with Gasteiger partial charge in [0, 0.05) is 6.54 Å². The monoisotopic (exact) mass is 413 g/mol. The van der Waals surface area contributed by atoms with Crippen LogP contribution in [0.2, 0.25) is 0 Å². The quantitative estimate of drug-likeness (QED) is 0.469. The highest BCUT2D eigenvalue weighted by molar-refractivity contribution is 14.1. The Hall–Kier alpha value is -0.740. The normalized spacial score (nSPS) is 24.5. The molecule has 1 atom stereocenters. The fourth-order valence-corrected chi connectivity index (χ4v) is 5.28. The minimum absolute atomic E-state index is 0.119. The number of benzene rings is 1. The lowest BCUT2D eigenvalue weighted by Crippen LogP contribution is -2.55. The van der Waals surface area contributed by atoms with Gasteiger partial charge in [-0.25, -0.2) is 17.6 Å². The molecule has 1 aromatic rings. The molecule has 20 heavy (non-hydrogen) atoms. The van der Waals surface area contributed by atoms with Gasteiger partial charge in [0.25, 0.3) is 0 Å². The molecule has 0 bridgehead atoms. The van der Waals surface area contributed by atoms with E-state index >= 15 is 0 Å². The van der Waals surface area contributed by atoms with Crippen molar-refractivity contribution in [1.82, 2.24) is 4.31 Å². The Bertz CT molecular complexity index is 636. The number of alkyl halides is 1. The lowest BCUT2D eigenvalue weighted by Gasteiger charge is -2.38. The minimum Gasteiger partial charge on any atom is -0.479 e. The molecule has 0 unspecified atom stereocenters. The van der Waals surface area contributed by atoms with Crippen LogP contribution in [0.25, 0.3) is 0 Å². The van der Waals surface area contributed by atoms with Crippen molar-refractivity contribution >= 4 is 38.6 Å². The van der Waals surface area contributed by atoms with Gasteiger partial charge < -0.3 is 5.11 Å². The molecule has 1 heterocycles. The fourth-order valence-electron chi connectivity index (χ4n) is 2.20. The predicted octanol–water partition coefficient (Wildman–Crippen LogP) is 2.22. The Balaban J connectivity index is 2.49. The number of rotatable bonds is 3. The lowest BCUT2D eigenvalue weighted by molar-refractivity contribution is -0.143. The standard InChI is InChI=1S/C12H13FINO4S/c13-9-4-3-5-10(8-9)20(18,19)15-7-2-1-6-12(15,14)11(16)17/h3-5,8H,1-2,6-7H2,(H,16,17)/t12-/m1/s1. The molecule has 0 amide bonds. The van der Waals surface area contributed by atoms with Gasteiger partial charge in [0.1, 0.15) is 5.82 Å². The van der Waals surface area contributed by atoms with Crippen LogP contribution < -0.4 is 0 Å². The smallest absolute Gasteiger partial charge is 0.335 e. The number of carboxylic acids is 1. The summed E-state index contributed by atoms with van der Waals surface area (Å²) in [4.78, 5) is 11.2. The predicted molar refractivity (Wildman–Crippen MR) is 78.5 cm³/mol. The van der Waals surface area contributed by atoms with E-state index in [0.29, 0.717) is 12.8 Å². The van der Waals surface area contributed by atoms with Crippen LogP contribution in [0.4, 0.5) is 4.39 Å². The third-order valence-electron chi connectivity index (χ3n) is 3.23. The molecule has 8 heteroatoms. The van der Waals surface area contributed by atoms with E-state index in [4.69, 9.17) is 0 Å². The van der Waals surface area contributed by atoms with E-state index in [-0.39, 0.29) is 17.9 Å². The van der Waals surface area contributed by atoms with Gasteiger partial charge in [-0.05, 0) is 60.1 Å². The Labute approximate surface area is 130 Å². The maximum atomic E-state index is 13.2. The Morgan fingerprint density at radius 2 is 2.10 bits per heavy atom. The number of carbonyl (C=O) groups is 1. The van der Waals surface area contributed by atoms with E-state index in [2.05, 4.69) is 0 Å². The third kappa shape index (κ3) is 2.68. The second-order valence-corrected chi connectivity index (χ2v) is 8.20. The summed E-state index contributed by atoms with van der Waals surface area (Å²) in [7, 11) is -4.03. The van der Waals surface area contributed by atoms with Crippen LogP contribution in [0.15, 0.2) is 29.2 Å². The lowest BCUT2D eigenvalue weighted by atomic mass is 10.1. The van der Waals surface area contributed by atoms with Crippen molar-refractivity contribution in [1.29, 1.82) is 0 Å². The summed E-state index contributed by atoms with van der Waals surface area (Å²) in [5, 5.41) is 9.35. The van der Waals surface area contributed by atoms with E-state index in [0.717, 1.165) is 16.4 Å². The molecule has 5 nitrogen and oxygen atoms in total. The van der Waals surface area contributed by atoms with Crippen molar-refractivity contribution in [2.75, 3.05) is 6.54 Å². The largest absolute Gasteiger partial charge is 0.479 e. The van der Waals surface area contributed by atoms with E-state index in [1.54, 1.807) is 22.6 Å². The molecule has 1 saturated heterocycles. The van der Waals surface area contributed by atoms with Gasteiger partial charge in [-0.3, -0.25) is 0 Å². The SMILES string of the molecule is O=C(O)[C@@]1(I)CCCCN1S(=O)(=O)c1cccc(F)c1. The molecule has 0 radical (unpaired) electrons. The first kappa shape index (κ1) is 15.6. The Morgan fingerprint density at radius 3 is 2.70 bits per heavy atom. The van der Waals surface area contributed by atoms with Crippen LogP contribution in [0.5, 0.6) is 0 Å². The number of piperidine rings is 1. The molecular weight excluding hydrogens is 400 g/mol. The summed E-state index contributed by atoms with van der Waals surface area (Å²) in [5.41, 5.74) is 0. The second kappa shape index (κ2) is 5.57. The summed E-state index contributed by atoms with van der Waals surface area (Å²) in [6, 6.07) is 4.61. The molecule has 1 aliphatic heterocycles. The first-order chi connectivity index (χ1) is 9.28. The van der Waals surface area contributed by atoms with Gasteiger partial charge in [-0.2, -0.15) is 4.31 Å². The first-order valence-electron chi connectivity index (χ1n) is 5.99. The molecule has 0 aromatic heterocycles. The number of hydrogen-bond donors (Lipinski definition) is 1. The van der Waals surface area contributed by atoms with Gasteiger partial charge in [-0.15, -0.1) is 0 Å². The molecular formula is C12H13FINO4S. The van der Waals surface area contributed by atoms with E-state index in [9.17, 15) is 22.7 Å². The van der Waals surface area contributed by atoms with Gasteiger partial charge >= 0.3 is 5.97 Å². The summed E-state index contributed by atoms with van der Waals surface area (Å²) in [6.07, 6.45) is 1.47. The molecule has 0 spiro atoms. The number of nitrogens with zero attached hydrogens (tertiary/aromatic N) is 1. The molecule has 110 valence electrons. The van der Waals surface area contributed by atoms with Gasteiger partial charge in [0.2, 0.25) is 10.0 Å². The maximum absolute atomic E-state index is 13.2. The molecule has 1 aliphatic rings. The second-order valence-electron chi connectivity index (χ2n) is 4.56. The average molecular weight is 413 g/mol. The Kier molecular flexibility index (Phi) is 4.35. The number of halogens is 2. The van der Waals surface area contributed by atoms with Crippen LogP contribution in [0.1, 0.15) is 19.3 Å². The van der Waals surface area contributed by atoms with Crippen molar-refractivity contribution in [2.24, 2.45) is 0 Å². The molecule has 0 aliphatic carbocycles. The highest BCUT2D eigenvalue weighted by Gasteiger charge is 2.49. The average Bonchev–Trinajstić information content (AvgIpc) is 2.39. The van der Waals surface area contributed by atoms with Crippen molar-refractivity contribution in [3.8, 4) is 0 Å². The van der Waals surface area contributed by atoms with Crippen LogP contribution in [0, 0.1) is 5.82 Å². The summed E-state index contributed by atoms with van der Waals surface area (Å²) in [5.74, 6) is -1.87. The highest BCUT2D eigenvalue weighted by atomic mass is 127.